The lowest BCUT2D eigenvalue weighted by Crippen LogP contribution is -2.10. The van der Waals surface area contributed by atoms with Gasteiger partial charge in [-0.05, 0) is 43.3 Å². The highest BCUT2D eigenvalue weighted by Crippen LogP contribution is 2.24. The molecule has 4 rings (SSSR count). The van der Waals surface area contributed by atoms with Crippen LogP contribution in [0, 0.1) is 6.92 Å². The Kier molecular flexibility index (Phi) is 6.37. The highest BCUT2D eigenvalue weighted by atomic mass is 32.2. The van der Waals surface area contributed by atoms with Gasteiger partial charge in [0.2, 0.25) is 0 Å². The van der Waals surface area contributed by atoms with Crippen LogP contribution in [-0.2, 0) is 6.54 Å². The lowest BCUT2D eigenvalue weighted by atomic mass is 10.2. The van der Waals surface area contributed by atoms with Gasteiger partial charge in [0, 0.05) is 5.75 Å². The van der Waals surface area contributed by atoms with E-state index in [0.29, 0.717) is 13.2 Å². The van der Waals surface area contributed by atoms with E-state index in [9.17, 15) is 0 Å². The van der Waals surface area contributed by atoms with E-state index >= 15 is 0 Å². The zero-order valence-electron chi connectivity index (χ0n) is 16.5. The summed E-state index contributed by atoms with van der Waals surface area (Å²) in [6.45, 7) is 4.05. The maximum Gasteiger partial charge on any atom is 0.169 e. The molecule has 0 N–H and O–H groups in total. The van der Waals surface area contributed by atoms with Gasteiger partial charge in [-0.3, -0.25) is 0 Å². The molecule has 1 aromatic heterocycles. The van der Waals surface area contributed by atoms with Crippen LogP contribution in [0.5, 0.6) is 11.5 Å². The van der Waals surface area contributed by atoms with E-state index in [1.807, 2.05) is 54.6 Å². The Hall–Kier alpha value is -2.92. The number of aromatic nitrogens is 2. The third-order valence-electron chi connectivity index (χ3n) is 4.55. The molecule has 0 aliphatic heterocycles. The number of benzene rings is 3. The van der Waals surface area contributed by atoms with Crippen molar-refractivity contribution in [2.24, 2.45) is 0 Å². The summed E-state index contributed by atoms with van der Waals surface area (Å²) < 4.78 is 14.0. The fourth-order valence-corrected chi connectivity index (χ4v) is 3.94. The minimum Gasteiger partial charge on any atom is -0.493 e. The molecule has 5 heteroatoms. The molecule has 4 aromatic rings. The van der Waals surface area contributed by atoms with Crippen molar-refractivity contribution < 1.29 is 9.47 Å². The van der Waals surface area contributed by atoms with Gasteiger partial charge >= 0.3 is 0 Å². The third-order valence-corrected chi connectivity index (χ3v) is 5.49. The number of thioether (sulfide) groups is 1. The first kappa shape index (κ1) is 19.4. The molecular weight excluding hydrogens is 380 g/mol. The van der Waals surface area contributed by atoms with Gasteiger partial charge in [0.05, 0.1) is 24.2 Å². The number of ether oxygens (including phenoxy) is 2. The van der Waals surface area contributed by atoms with E-state index in [-0.39, 0.29) is 0 Å². The number of nitrogens with zero attached hydrogens (tertiary/aromatic N) is 2. The molecule has 148 valence electrons. The van der Waals surface area contributed by atoms with E-state index in [2.05, 4.69) is 35.8 Å². The van der Waals surface area contributed by atoms with Crippen molar-refractivity contribution in [3.05, 3.63) is 84.4 Å². The molecule has 0 bridgehead atoms. The number of rotatable bonds is 9. The second-order valence-electron chi connectivity index (χ2n) is 6.71. The molecule has 0 amide bonds. The number of hydrogen-bond donors (Lipinski definition) is 0. The SMILES string of the molecule is Cc1ccc(OCCSc2nc3ccccc3n2CCOc2ccccc2)cc1. The number of aryl methyl sites for hydroxylation is 1. The number of para-hydroxylation sites is 3. The monoisotopic (exact) mass is 404 g/mol. The summed E-state index contributed by atoms with van der Waals surface area (Å²) in [4.78, 5) is 4.81. The van der Waals surface area contributed by atoms with Gasteiger partial charge in [-0.15, -0.1) is 0 Å². The summed E-state index contributed by atoms with van der Waals surface area (Å²) in [7, 11) is 0. The first-order chi connectivity index (χ1) is 14.3. The van der Waals surface area contributed by atoms with Gasteiger partial charge in [-0.2, -0.15) is 0 Å². The van der Waals surface area contributed by atoms with Gasteiger partial charge < -0.3 is 14.0 Å². The zero-order valence-corrected chi connectivity index (χ0v) is 17.3. The third kappa shape index (κ3) is 5.12. The summed E-state index contributed by atoms with van der Waals surface area (Å²) in [6.07, 6.45) is 0. The molecule has 0 radical (unpaired) electrons. The van der Waals surface area contributed by atoms with Crippen molar-refractivity contribution in [2.75, 3.05) is 19.0 Å². The number of hydrogen-bond acceptors (Lipinski definition) is 4. The largest absolute Gasteiger partial charge is 0.493 e. The van der Waals surface area contributed by atoms with Crippen LogP contribution in [0.25, 0.3) is 11.0 Å². The van der Waals surface area contributed by atoms with Crippen molar-refractivity contribution in [3.8, 4) is 11.5 Å². The van der Waals surface area contributed by atoms with E-state index < -0.39 is 0 Å². The van der Waals surface area contributed by atoms with Crippen LogP contribution in [0.1, 0.15) is 5.56 Å². The van der Waals surface area contributed by atoms with Crippen LogP contribution in [0.15, 0.2) is 84.0 Å². The van der Waals surface area contributed by atoms with Crippen LogP contribution in [-0.4, -0.2) is 28.5 Å². The average Bonchev–Trinajstić information content (AvgIpc) is 3.11. The van der Waals surface area contributed by atoms with Gasteiger partial charge in [0.15, 0.2) is 5.16 Å². The average molecular weight is 405 g/mol. The maximum atomic E-state index is 5.89. The number of imidazole rings is 1. The van der Waals surface area contributed by atoms with Crippen molar-refractivity contribution in [2.45, 2.75) is 18.6 Å². The van der Waals surface area contributed by atoms with Gasteiger partial charge in [0.25, 0.3) is 0 Å². The summed E-state index contributed by atoms with van der Waals surface area (Å²) in [5, 5.41) is 0.996. The molecule has 0 saturated heterocycles. The van der Waals surface area contributed by atoms with Gasteiger partial charge in [-0.25, -0.2) is 4.98 Å². The molecule has 4 nitrogen and oxygen atoms in total. The second-order valence-corrected chi connectivity index (χ2v) is 7.77. The molecule has 0 unspecified atom stereocenters. The molecule has 3 aromatic carbocycles. The number of fused-ring (bicyclic) bond motifs is 1. The normalized spacial score (nSPS) is 10.9. The minimum absolute atomic E-state index is 0.595. The first-order valence-corrected chi connectivity index (χ1v) is 10.7. The summed E-state index contributed by atoms with van der Waals surface area (Å²) in [6, 6.07) is 26.3. The van der Waals surface area contributed by atoms with Crippen molar-refractivity contribution in [1.82, 2.24) is 9.55 Å². The highest BCUT2D eigenvalue weighted by molar-refractivity contribution is 7.99. The predicted octanol–water partition coefficient (Wildman–Crippen LogP) is 5.59. The summed E-state index contributed by atoms with van der Waals surface area (Å²) in [5.74, 6) is 2.62. The van der Waals surface area contributed by atoms with E-state index in [0.717, 1.165) is 40.0 Å². The molecule has 0 atom stereocenters. The van der Waals surface area contributed by atoms with E-state index in [4.69, 9.17) is 14.5 Å². The smallest absolute Gasteiger partial charge is 0.169 e. The Bertz CT molecular complexity index is 1050. The molecule has 0 saturated carbocycles. The van der Waals surface area contributed by atoms with Gasteiger partial charge in [0.1, 0.15) is 18.1 Å². The van der Waals surface area contributed by atoms with E-state index in [1.165, 1.54) is 5.56 Å². The fraction of sp³-hybridized carbons (Fsp3) is 0.208. The fourth-order valence-electron chi connectivity index (χ4n) is 3.08. The minimum atomic E-state index is 0.595. The van der Waals surface area contributed by atoms with Crippen LogP contribution in [0.4, 0.5) is 0 Å². The Labute approximate surface area is 175 Å². The molecular formula is C24H24N2O2S. The molecule has 29 heavy (non-hydrogen) atoms. The molecule has 0 aliphatic rings. The standard InChI is InChI=1S/C24H24N2O2S/c1-19-11-13-21(14-12-19)28-17-18-29-24-25-22-9-5-6-10-23(22)26(24)15-16-27-20-7-3-2-4-8-20/h2-14H,15-18H2,1H3. The van der Waals surface area contributed by atoms with Crippen LogP contribution in [0.2, 0.25) is 0 Å². The topological polar surface area (TPSA) is 36.3 Å². The Balaban J connectivity index is 1.38. The lowest BCUT2D eigenvalue weighted by molar-refractivity contribution is 0.295. The van der Waals surface area contributed by atoms with Crippen LogP contribution in [0.3, 0.4) is 0 Å². The van der Waals surface area contributed by atoms with E-state index in [1.54, 1.807) is 11.8 Å². The van der Waals surface area contributed by atoms with Crippen LogP contribution < -0.4 is 9.47 Å². The molecule has 1 heterocycles. The van der Waals surface area contributed by atoms with Crippen molar-refractivity contribution in [3.63, 3.8) is 0 Å². The van der Waals surface area contributed by atoms with Crippen molar-refractivity contribution in [1.29, 1.82) is 0 Å². The lowest BCUT2D eigenvalue weighted by Gasteiger charge is -2.11. The van der Waals surface area contributed by atoms with Crippen molar-refractivity contribution >= 4 is 22.8 Å². The summed E-state index contributed by atoms with van der Waals surface area (Å²) in [5.41, 5.74) is 3.37. The summed E-state index contributed by atoms with van der Waals surface area (Å²) >= 11 is 1.71. The Morgan fingerprint density at radius 1 is 0.793 bits per heavy atom. The van der Waals surface area contributed by atoms with Crippen LogP contribution >= 0.6 is 11.8 Å². The second kappa shape index (κ2) is 9.52. The first-order valence-electron chi connectivity index (χ1n) is 9.75. The Morgan fingerprint density at radius 3 is 2.31 bits per heavy atom. The highest BCUT2D eigenvalue weighted by Gasteiger charge is 2.11. The molecule has 0 aliphatic carbocycles. The maximum absolute atomic E-state index is 5.89. The quantitative estimate of drug-likeness (QED) is 0.269. The predicted molar refractivity (Wildman–Crippen MR) is 119 cm³/mol. The van der Waals surface area contributed by atoms with Gasteiger partial charge in [-0.1, -0.05) is 59.8 Å². The molecule has 0 spiro atoms. The Morgan fingerprint density at radius 2 is 1.48 bits per heavy atom. The molecule has 0 fully saturated rings. The zero-order chi connectivity index (χ0) is 19.9.